The third kappa shape index (κ3) is 9.17. The molecular formula is C37H45N5O4S. The molecule has 0 spiro atoms. The van der Waals surface area contributed by atoms with Crippen LogP contribution < -0.4 is 15.0 Å². The molecule has 2 atom stereocenters. The predicted molar refractivity (Wildman–Crippen MR) is 189 cm³/mol. The van der Waals surface area contributed by atoms with Gasteiger partial charge in [-0.05, 0) is 97.0 Å². The zero-order valence-corrected chi connectivity index (χ0v) is 28.5. The highest BCUT2D eigenvalue weighted by molar-refractivity contribution is 7.85. The highest BCUT2D eigenvalue weighted by Crippen LogP contribution is 2.34. The minimum Gasteiger partial charge on any atom is -0.491 e. The van der Waals surface area contributed by atoms with E-state index in [1.54, 1.807) is 24.3 Å². The quantitative estimate of drug-likeness (QED) is 0.128. The number of rotatable bonds is 15. The zero-order valence-electron chi connectivity index (χ0n) is 27.7. The first-order valence-electron chi connectivity index (χ1n) is 16.4. The van der Waals surface area contributed by atoms with E-state index in [2.05, 4.69) is 76.5 Å². The number of fused-ring (bicyclic) bond motifs is 1. The van der Waals surface area contributed by atoms with Crippen molar-refractivity contribution in [2.45, 2.75) is 57.1 Å². The molecule has 2 N–H and O–H groups in total. The van der Waals surface area contributed by atoms with Gasteiger partial charge in [-0.15, -0.1) is 0 Å². The van der Waals surface area contributed by atoms with E-state index in [0.29, 0.717) is 47.5 Å². The first kappa shape index (κ1) is 34.1. The summed E-state index contributed by atoms with van der Waals surface area (Å²) in [6.07, 6.45) is 6.24. The number of carbonyl (C=O) groups excluding carboxylic acids is 1. The van der Waals surface area contributed by atoms with Crippen LogP contribution in [0.25, 0.3) is 17.2 Å². The van der Waals surface area contributed by atoms with Crippen LogP contribution >= 0.6 is 0 Å². The lowest BCUT2D eigenvalue weighted by Gasteiger charge is -2.27. The first-order chi connectivity index (χ1) is 22.8. The van der Waals surface area contributed by atoms with Crippen LogP contribution in [0.15, 0.2) is 83.5 Å². The molecule has 0 saturated carbocycles. The monoisotopic (exact) mass is 655 g/mol. The average molecular weight is 656 g/mol. The van der Waals surface area contributed by atoms with E-state index in [9.17, 15) is 9.00 Å². The van der Waals surface area contributed by atoms with E-state index in [1.807, 2.05) is 25.1 Å². The highest BCUT2D eigenvalue weighted by atomic mass is 32.2. The van der Waals surface area contributed by atoms with E-state index < -0.39 is 10.8 Å². The Bertz CT molecular complexity index is 1650. The SMILES string of the molecule is CCCCOCCOc1ccc(-c2ccc3c(c2)C=C(C(=O)Nc2ccc(S(=O)C(C)c4ncn[nH]4)cc2)CCN3CC(C)C)cc1. The number of anilines is 2. The average Bonchev–Trinajstić information content (AvgIpc) is 3.56. The maximum absolute atomic E-state index is 13.6. The topological polar surface area (TPSA) is 109 Å². The molecule has 10 heteroatoms. The number of H-pyrrole nitrogens is 1. The molecule has 9 nitrogen and oxygen atoms in total. The second-order valence-electron chi connectivity index (χ2n) is 12.2. The van der Waals surface area contributed by atoms with Gasteiger partial charge in [0.15, 0.2) is 0 Å². The molecule has 0 radical (unpaired) electrons. The fraction of sp³-hybridized carbons (Fsp3) is 0.378. The molecule has 5 rings (SSSR count). The van der Waals surface area contributed by atoms with Crippen molar-refractivity contribution >= 4 is 34.2 Å². The van der Waals surface area contributed by atoms with Gasteiger partial charge in [0.05, 0.1) is 22.7 Å². The molecule has 1 amide bonds. The first-order valence-corrected chi connectivity index (χ1v) is 17.6. The van der Waals surface area contributed by atoms with Crippen molar-refractivity contribution in [3.63, 3.8) is 0 Å². The third-order valence-corrected chi connectivity index (χ3v) is 9.64. The largest absolute Gasteiger partial charge is 0.491 e. The number of hydrogen-bond donors (Lipinski definition) is 2. The van der Waals surface area contributed by atoms with Gasteiger partial charge in [0, 0.05) is 41.5 Å². The van der Waals surface area contributed by atoms with Crippen LogP contribution in [0.4, 0.5) is 11.4 Å². The van der Waals surface area contributed by atoms with Crippen molar-refractivity contribution in [3.05, 3.63) is 90.0 Å². The maximum atomic E-state index is 13.6. The molecule has 2 heterocycles. The molecule has 0 saturated heterocycles. The van der Waals surface area contributed by atoms with Crippen molar-refractivity contribution in [1.29, 1.82) is 0 Å². The molecule has 47 heavy (non-hydrogen) atoms. The minimum absolute atomic E-state index is 0.142. The van der Waals surface area contributed by atoms with Gasteiger partial charge >= 0.3 is 0 Å². The molecule has 0 bridgehead atoms. The predicted octanol–water partition coefficient (Wildman–Crippen LogP) is 7.42. The molecule has 1 aromatic heterocycles. The Labute approximate surface area is 280 Å². The van der Waals surface area contributed by atoms with Crippen LogP contribution in [0, 0.1) is 5.92 Å². The van der Waals surface area contributed by atoms with Crippen LogP contribution in [-0.2, 0) is 20.3 Å². The van der Waals surface area contributed by atoms with E-state index >= 15 is 0 Å². The minimum atomic E-state index is -1.32. The fourth-order valence-electron chi connectivity index (χ4n) is 5.49. The number of carbonyl (C=O) groups is 1. The smallest absolute Gasteiger partial charge is 0.251 e. The van der Waals surface area contributed by atoms with E-state index in [1.165, 1.54) is 6.33 Å². The summed E-state index contributed by atoms with van der Waals surface area (Å²) in [7, 11) is -1.32. The molecule has 4 aromatic rings. The zero-order chi connectivity index (χ0) is 33.2. The number of amides is 1. The number of ether oxygens (including phenoxy) is 2. The number of nitrogens with one attached hydrogen (secondary N) is 2. The molecule has 248 valence electrons. The van der Waals surface area contributed by atoms with E-state index in [-0.39, 0.29) is 11.2 Å². The van der Waals surface area contributed by atoms with Crippen LogP contribution in [0.5, 0.6) is 5.75 Å². The molecular weight excluding hydrogens is 611 g/mol. The van der Waals surface area contributed by atoms with Gasteiger partial charge < -0.3 is 19.7 Å². The van der Waals surface area contributed by atoms with E-state index in [0.717, 1.165) is 60.7 Å². The molecule has 0 fully saturated rings. The van der Waals surface area contributed by atoms with E-state index in [4.69, 9.17) is 9.47 Å². The van der Waals surface area contributed by atoms with Gasteiger partial charge in [-0.3, -0.25) is 14.1 Å². The van der Waals surface area contributed by atoms with Crippen LogP contribution in [0.2, 0.25) is 0 Å². The Balaban J connectivity index is 1.30. The van der Waals surface area contributed by atoms with Crippen molar-refractivity contribution in [1.82, 2.24) is 15.2 Å². The summed E-state index contributed by atoms with van der Waals surface area (Å²) in [5.74, 6) is 1.71. The van der Waals surface area contributed by atoms with Gasteiger partial charge in [0.1, 0.15) is 24.5 Å². The lowest BCUT2D eigenvalue weighted by atomic mass is 10.00. The van der Waals surface area contributed by atoms with Gasteiger partial charge in [0.2, 0.25) is 0 Å². The second-order valence-corrected chi connectivity index (χ2v) is 13.9. The lowest BCUT2D eigenvalue weighted by molar-refractivity contribution is -0.112. The van der Waals surface area contributed by atoms with Crippen LogP contribution in [0.3, 0.4) is 0 Å². The Morgan fingerprint density at radius 2 is 1.77 bits per heavy atom. The number of aromatic amines is 1. The normalized spacial score (nSPS) is 14.2. The Hall–Kier alpha value is -4.28. The number of hydrogen-bond acceptors (Lipinski definition) is 7. The van der Waals surface area contributed by atoms with Crippen molar-refractivity contribution in [3.8, 4) is 16.9 Å². The highest BCUT2D eigenvalue weighted by Gasteiger charge is 2.22. The third-order valence-electron chi connectivity index (χ3n) is 8.04. The summed E-state index contributed by atoms with van der Waals surface area (Å²) < 4.78 is 24.5. The standard InChI is InChI=1S/C37H45N5O4S/c1-5-6-19-45-20-21-46-33-12-7-28(8-13-33)29-9-16-35-31(22-29)23-30(17-18-42(35)24-26(2)3)37(43)40-32-10-14-34(15-11-32)47(44)27(4)36-38-25-39-41-36/h7-16,22-23,25-27H,5-6,17-21,24H2,1-4H3,(H,40,43)(H,38,39,41). The molecule has 3 aromatic carbocycles. The molecule has 0 aliphatic carbocycles. The Morgan fingerprint density at radius 3 is 2.47 bits per heavy atom. The van der Waals surface area contributed by atoms with Gasteiger partial charge in [0.25, 0.3) is 5.91 Å². The van der Waals surface area contributed by atoms with Crippen LogP contribution in [0.1, 0.15) is 63.6 Å². The maximum Gasteiger partial charge on any atom is 0.251 e. The summed E-state index contributed by atoms with van der Waals surface area (Å²) in [5.41, 5.74) is 5.66. The fourth-order valence-corrected chi connectivity index (χ4v) is 6.62. The number of benzene rings is 3. The van der Waals surface area contributed by atoms with Crippen molar-refractivity contribution in [2.75, 3.05) is 43.1 Å². The summed E-state index contributed by atoms with van der Waals surface area (Å²) >= 11 is 0. The summed E-state index contributed by atoms with van der Waals surface area (Å²) in [6, 6.07) is 21.7. The van der Waals surface area contributed by atoms with Gasteiger partial charge in [-0.25, -0.2) is 4.98 Å². The summed E-state index contributed by atoms with van der Waals surface area (Å²) in [5, 5.41) is 9.36. The van der Waals surface area contributed by atoms with Crippen molar-refractivity contribution < 1.29 is 18.5 Å². The lowest BCUT2D eigenvalue weighted by Crippen LogP contribution is -2.29. The summed E-state index contributed by atoms with van der Waals surface area (Å²) in [6.45, 7) is 11.9. The Kier molecular flexibility index (Phi) is 12.0. The summed E-state index contributed by atoms with van der Waals surface area (Å²) in [4.78, 5) is 20.7. The Morgan fingerprint density at radius 1 is 1.00 bits per heavy atom. The second kappa shape index (κ2) is 16.5. The number of aromatic nitrogens is 3. The molecule has 2 unspecified atom stereocenters. The van der Waals surface area contributed by atoms with Crippen LogP contribution in [-0.4, -0.2) is 58.2 Å². The van der Waals surface area contributed by atoms with Gasteiger partial charge in [-0.1, -0.05) is 45.4 Å². The molecule has 1 aliphatic rings. The van der Waals surface area contributed by atoms with Crippen molar-refractivity contribution in [2.24, 2.45) is 5.92 Å². The number of nitrogens with zero attached hydrogens (tertiary/aromatic N) is 3. The van der Waals surface area contributed by atoms with Gasteiger partial charge in [-0.2, -0.15) is 5.10 Å². The number of unbranched alkanes of at least 4 members (excludes halogenated alkanes) is 1. The molecule has 1 aliphatic heterocycles.